The van der Waals surface area contributed by atoms with E-state index in [2.05, 4.69) is 20.7 Å². The van der Waals surface area contributed by atoms with E-state index in [1.807, 2.05) is 0 Å². The Labute approximate surface area is 150 Å². The Balaban J connectivity index is 0.00000289. The van der Waals surface area contributed by atoms with Crippen molar-refractivity contribution in [1.29, 1.82) is 0 Å². The van der Waals surface area contributed by atoms with Crippen LogP contribution in [0.3, 0.4) is 0 Å². The van der Waals surface area contributed by atoms with Crippen LogP contribution < -0.4 is 56.1 Å². The third kappa shape index (κ3) is 5.53. The molecule has 0 aliphatic carbocycles. The molecule has 0 amide bonds. The number of ether oxygens (including phenoxy) is 1. The van der Waals surface area contributed by atoms with Gasteiger partial charge < -0.3 is 17.7 Å². The topological polar surface area (TPSA) is 52.4 Å². The standard InChI is InChI=1S/C7H4BBrF4NO3.K/c9-4-1-6(14(15)16)7(2-5(4)10)17-3-8(11,12)13;/h1-2H,3H2;/q-1;+1. The number of halogens is 5. The number of hydrogen-bond acceptors (Lipinski definition) is 3. The van der Waals surface area contributed by atoms with Gasteiger partial charge in [0.1, 0.15) is 5.82 Å². The molecular weight excluding hydrogens is 352 g/mol. The van der Waals surface area contributed by atoms with Crippen molar-refractivity contribution in [1.82, 2.24) is 0 Å². The maximum Gasteiger partial charge on any atom is 1.00 e. The molecule has 0 aliphatic heterocycles. The van der Waals surface area contributed by atoms with Crippen LogP contribution in [0.5, 0.6) is 5.75 Å². The molecule has 0 fully saturated rings. The molecule has 1 rings (SSSR count). The fraction of sp³-hybridized carbons (Fsp3) is 0.143. The van der Waals surface area contributed by atoms with E-state index in [9.17, 15) is 27.5 Å². The van der Waals surface area contributed by atoms with Crippen molar-refractivity contribution in [2.24, 2.45) is 0 Å². The first-order valence-corrected chi connectivity index (χ1v) is 4.97. The molecule has 0 N–H and O–H groups in total. The van der Waals surface area contributed by atoms with Gasteiger partial charge in [0.05, 0.1) is 15.9 Å². The molecule has 18 heavy (non-hydrogen) atoms. The van der Waals surface area contributed by atoms with E-state index in [0.29, 0.717) is 6.07 Å². The van der Waals surface area contributed by atoms with Gasteiger partial charge in [0, 0.05) is 12.1 Å². The number of nitrogens with zero attached hydrogens (tertiary/aromatic N) is 1. The molecule has 0 spiro atoms. The smallest absolute Gasteiger partial charge is 0.517 e. The SMILES string of the molecule is O=[N+]([O-])c1cc(Br)c(F)cc1OC[B-](F)(F)F.[K+]. The minimum Gasteiger partial charge on any atom is -0.517 e. The molecule has 0 atom stereocenters. The molecule has 4 nitrogen and oxygen atoms in total. The minimum atomic E-state index is -5.26. The van der Waals surface area contributed by atoms with Crippen molar-refractivity contribution in [3.05, 3.63) is 32.5 Å². The first kappa shape index (κ1) is 18.3. The molecule has 0 aromatic heterocycles. The van der Waals surface area contributed by atoms with Gasteiger partial charge in [-0.15, -0.1) is 0 Å². The Kier molecular flexibility index (Phi) is 7.32. The molecule has 0 radical (unpaired) electrons. The molecule has 94 valence electrons. The summed E-state index contributed by atoms with van der Waals surface area (Å²) in [7, 11) is 0. The first-order chi connectivity index (χ1) is 7.70. The Morgan fingerprint density at radius 2 is 1.94 bits per heavy atom. The van der Waals surface area contributed by atoms with Crippen LogP contribution in [0.4, 0.5) is 23.0 Å². The number of rotatable bonds is 4. The van der Waals surface area contributed by atoms with E-state index in [-0.39, 0.29) is 55.9 Å². The van der Waals surface area contributed by atoms with Crippen LogP contribution in [-0.2, 0) is 0 Å². The fourth-order valence-electron chi connectivity index (χ4n) is 0.961. The predicted octanol–water partition coefficient (Wildman–Crippen LogP) is 0.266. The summed E-state index contributed by atoms with van der Waals surface area (Å²) >= 11 is 2.69. The Morgan fingerprint density at radius 3 is 2.39 bits per heavy atom. The number of hydrogen-bond donors (Lipinski definition) is 0. The van der Waals surface area contributed by atoms with Crippen molar-refractivity contribution in [3.8, 4) is 5.75 Å². The van der Waals surface area contributed by atoms with Crippen LogP contribution in [0.2, 0.25) is 0 Å². The Morgan fingerprint density at radius 1 is 1.39 bits per heavy atom. The van der Waals surface area contributed by atoms with E-state index >= 15 is 0 Å². The second-order valence-electron chi connectivity index (χ2n) is 3.01. The summed E-state index contributed by atoms with van der Waals surface area (Å²) in [4.78, 5) is 9.56. The van der Waals surface area contributed by atoms with Crippen molar-refractivity contribution in [2.45, 2.75) is 0 Å². The summed E-state index contributed by atoms with van der Waals surface area (Å²) < 4.78 is 52.7. The number of nitro benzene ring substituents is 1. The molecular formula is C7H4BBrF4KNO3. The van der Waals surface area contributed by atoms with Gasteiger partial charge in [-0.3, -0.25) is 10.1 Å². The molecule has 1 aromatic carbocycles. The molecule has 1 aromatic rings. The van der Waals surface area contributed by atoms with Gasteiger partial charge in [-0.2, -0.15) is 0 Å². The van der Waals surface area contributed by atoms with Crippen LogP contribution in [0.25, 0.3) is 0 Å². The monoisotopic (exact) mass is 355 g/mol. The van der Waals surface area contributed by atoms with E-state index < -0.39 is 35.7 Å². The first-order valence-electron chi connectivity index (χ1n) is 4.18. The molecule has 0 heterocycles. The second-order valence-corrected chi connectivity index (χ2v) is 3.87. The third-order valence-corrected chi connectivity index (χ3v) is 2.23. The van der Waals surface area contributed by atoms with Crippen LogP contribution in [0, 0.1) is 15.9 Å². The fourth-order valence-corrected chi connectivity index (χ4v) is 1.29. The van der Waals surface area contributed by atoms with Gasteiger partial charge in [0.15, 0.2) is 5.75 Å². The van der Waals surface area contributed by atoms with Gasteiger partial charge in [-0.1, -0.05) is 0 Å². The third-order valence-electron chi connectivity index (χ3n) is 1.63. The average molecular weight is 356 g/mol. The zero-order valence-electron chi connectivity index (χ0n) is 9.00. The molecule has 0 saturated carbocycles. The molecule has 0 unspecified atom stereocenters. The van der Waals surface area contributed by atoms with Crippen molar-refractivity contribution in [3.63, 3.8) is 0 Å². The number of nitro groups is 1. The summed E-state index contributed by atoms with van der Waals surface area (Å²) in [5.41, 5.74) is -0.738. The average Bonchev–Trinajstić information content (AvgIpc) is 2.17. The Hall–Kier alpha value is 0.321. The van der Waals surface area contributed by atoms with Crippen LogP contribution in [0.15, 0.2) is 16.6 Å². The van der Waals surface area contributed by atoms with E-state index in [4.69, 9.17) is 0 Å². The summed E-state index contributed by atoms with van der Waals surface area (Å²) in [5, 5.41) is 10.5. The molecule has 0 saturated heterocycles. The zero-order valence-corrected chi connectivity index (χ0v) is 13.7. The Bertz CT molecular complexity index is 459. The van der Waals surface area contributed by atoms with E-state index in [1.54, 1.807) is 0 Å². The van der Waals surface area contributed by atoms with Gasteiger partial charge in [-0.25, -0.2) is 4.39 Å². The van der Waals surface area contributed by atoms with E-state index in [0.717, 1.165) is 6.07 Å². The van der Waals surface area contributed by atoms with Crippen molar-refractivity contribution in [2.75, 3.05) is 6.51 Å². The van der Waals surface area contributed by atoms with Crippen molar-refractivity contribution >= 4 is 28.6 Å². The van der Waals surface area contributed by atoms with Gasteiger partial charge in [0.25, 0.3) is 0 Å². The van der Waals surface area contributed by atoms with Crippen LogP contribution in [-0.4, -0.2) is 18.4 Å². The zero-order chi connectivity index (χ0) is 13.2. The van der Waals surface area contributed by atoms with Crippen LogP contribution in [0.1, 0.15) is 0 Å². The van der Waals surface area contributed by atoms with Gasteiger partial charge in [-0.05, 0) is 15.9 Å². The number of benzene rings is 1. The van der Waals surface area contributed by atoms with Gasteiger partial charge in [0.2, 0.25) is 0 Å². The minimum absolute atomic E-state index is 0. The molecule has 0 bridgehead atoms. The summed E-state index contributed by atoms with van der Waals surface area (Å²) in [6, 6.07) is 1.28. The second kappa shape index (κ2) is 7.20. The molecule has 11 heteroatoms. The molecule has 0 aliphatic rings. The van der Waals surface area contributed by atoms with E-state index in [1.165, 1.54) is 0 Å². The summed E-state index contributed by atoms with van der Waals surface area (Å²) in [6.45, 7) is -6.93. The summed E-state index contributed by atoms with van der Waals surface area (Å²) in [5.74, 6) is -1.70. The maximum atomic E-state index is 13.0. The normalized spacial score (nSPS) is 10.7. The summed E-state index contributed by atoms with van der Waals surface area (Å²) in [6.07, 6.45) is 0. The van der Waals surface area contributed by atoms with Crippen LogP contribution >= 0.6 is 15.9 Å². The maximum absolute atomic E-state index is 13.0. The van der Waals surface area contributed by atoms with Gasteiger partial charge >= 0.3 is 64.0 Å². The quantitative estimate of drug-likeness (QED) is 0.337. The van der Waals surface area contributed by atoms with Crippen molar-refractivity contribution < 1.29 is 78.4 Å². The predicted molar refractivity (Wildman–Crippen MR) is 55.3 cm³/mol. The largest absolute Gasteiger partial charge is 1.00 e.